The van der Waals surface area contributed by atoms with E-state index < -0.39 is 0 Å². The summed E-state index contributed by atoms with van der Waals surface area (Å²) in [5.74, 6) is 0.917. The Morgan fingerprint density at radius 3 is 2.36 bits per heavy atom. The predicted molar refractivity (Wildman–Crippen MR) is 88.3 cm³/mol. The molecule has 6 heteroatoms. The summed E-state index contributed by atoms with van der Waals surface area (Å²) in [7, 11) is 3.09. The topological polar surface area (TPSA) is 47.6 Å². The number of anilines is 1. The van der Waals surface area contributed by atoms with Crippen LogP contribution in [0.3, 0.4) is 0 Å². The Bertz CT molecular complexity index is 669. The van der Waals surface area contributed by atoms with Crippen molar-refractivity contribution in [1.29, 1.82) is 0 Å². The van der Waals surface area contributed by atoms with Gasteiger partial charge in [0.05, 0.1) is 26.3 Å². The molecular weight excluding hydrogens is 325 g/mol. The zero-order valence-corrected chi connectivity index (χ0v) is 13.7. The standard InChI is InChI=1S/C16H15Cl2NO3/c1-21-10-6-7-14(15(8-10)22-2)19-16(20)9-11-12(17)4-3-5-13(11)18/h3-8H,9H2,1-2H3,(H,19,20). The molecule has 2 rings (SSSR count). The minimum Gasteiger partial charge on any atom is -0.497 e. The van der Waals surface area contributed by atoms with Crippen LogP contribution in [0.15, 0.2) is 36.4 Å². The van der Waals surface area contributed by atoms with Gasteiger partial charge >= 0.3 is 0 Å². The minimum absolute atomic E-state index is 0.0771. The van der Waals surface area contributed by atoms with Gasteiger partial charge in [0.15, 0.2) is 0 Å². The highest BCUT2D eigenvalue weighted by Gasteiger charge is 2.13. The molecule has 1 amide bonds. The average Bonchev–Trinajstić information content (AvgIpc) is 2.51. The molecule has 0 spiro atoms. The molecule has 0 unspecified atom stereocenters. The number of halogens is 2. The van der Waals surface area contributed by atoms with Crippen LogP contribution in [0.2, 0.25) is 10.0 Å². The number of carbonyl (C=O) groups is 1. The first kappa shape index (κ1) is 16.5. The van der Waals surface area contributed by atoms with Crippen LogP contribution in [0.1, 0.15) is 5.56 Å². The summed E-state index contributed by atoms with van der Waals surface area (Å²) in [5.41, 5.74) is 1.15. The molecular formula is C16H15Cl2NO3. The summed E-state index contributed by atoms with van der Waals surface area (Å²) in [6, 6.07) is 10.3. The Kier molecular flexibility index (Phi) is 5.52. The molecule has 116 valence electrons. The van der Waals surface area contributed by atoms with E-state index in [1.807, 2.05) is 0 Å². The fourth-order valence-corrected chi connectivity index (χ4v) is 2.49. The van der Waals surface area contributed by atoms with Crippen molar-refractivity contribution in [3.8, 4) is 11.5 Å². The Balaban J connectivity index is 2.16. The largest absolute Gasteiger partial charge is 0.497 e. The van der Waals surface area contributed by atoms with Crippen molar-refractivity contribution in [2.45, 2.75) is 6.42 Å². The molecule has 0 aliphatic carbocycles. The summed E-state index contributed by atoms with van der Waals surface area (Å²) < 4.78 is 10.4. The number of hydrogen-bond acceptors (Lipinski definition) is 3. The number of hydrogen-bond donors (Lipinski definition) is 1. The van der Waals surface area contributed by atoms with Crippen LogP contribution in [-0.2, 0) is 11.2 Å². The first-order valence-electron chi connectivity index (χ1n) is 6.50. The van der Waals surface area contributed by atoms with Crippen LogP contribution in [0.5, 0.6) is 11.5 Å². The molecule has 0 heterocycles. The normalized spacial score (nSPS) is 10.2. The Morgan fingerprint density at radius 1 is 1.09 bits per heavy atom. The van der Waals surface area contributed by atoms with E-state index in [2.05, 4.69) is 5.32 Å². The highest BCUT2D eigenvalue weighted by atomic mass is 35.5. The summed E-state index contributed by atoms with van der Waals surface area (Å²) in [6.45, 7) is 0. The van der Waals surface area contributed by atoms with Gasteiger partial charge < -0.3 is 14.8 Å². The molecule has 22 heavy (non-hydrogen) atoms. The molecule has 0 saturated carbocycles. The quantitative estimate of drug-likeness (QED) is 0.888. The lowest BCUT2D eigenvalue weighted by atomic mass is 10.1. The Hall–Kier alpha value is -1.91. The zero-order chi connectivity index (χ0) is 16.1. The van der Waals surface area contributed by atoms with Crippen molar-refractivity contribution in [2.75, 3.05) is 19.5 Å². The van der Waals surface area contributed by atoms with Gasteiger partial charge in [0.1, 0.15) is 11.5 Å². The van der Waals surface area contributed by atoms with Gasteiger partial charge in [0.25, 0.3) is 0 Å². The van der Waals surface area contributed by atoms with Gasteiger partial charge in [-0.3, -0.25) is 4.79 Å². The molecule has 0 aliphatic rings. The zero-order valence-electron chi connectivity index (χ0n) is 12.2. The molecule has 4 nitrogen and oxygen atoms in total. The van der Waals surface area contributed by atoms with Crippen LogP contribution in [-0.4, -0.2) is 20.1 Å². The van der Waals surface area contributed by atoms with E-state index >= 15 is 0 Å². The average molecular weight is 340 g/mol. The monoisotopic (exact) mass is 339 g/mol. The van der Waals surface area contributed by atoms with Crippen molar-refractivity contribution in [3.63, 3.8) is 0 Å². The van der Waals surface area contributed by atoms with E-state index in [0.29, 0.717) is 32.8 Å². The molecule has 0 radical (unpaired) electrons. The van der Waals surface area contributed by atoms with Crippen molar-refractivity contribution in [3.05, 3.63) is 52.0 Å². The van der Waals surface area contributed by atoms with Gasteiger partial charge in [-0.2, -0.15) is 0 Å². The maximum atomic E-state index is 12.2. The lowest BCUT2D eigenvalue weighted by Gasteiger charge is -2.12. The van der Waals surface area contributed by atoms with E-state index in [0.717, 1.165) is 0 Å². The Labute approximate surface area is 138 Å². The van der Waals surface area contributed by atoms with E-state index in [-0.39, 0.29) is 12.3 Å². The van der Waals surface area contributed by atoms with Crippen LogP contribution < -0.4 is 14.8 Å². The Morgan fingerprint density at radius 2 is 1.77 bits per heavy atom. The lowest BCUT2D eigenvalue weighted by molar-refractivity contribution is -0.115. The number of carbonyl (C=O) groups excluding carboxylic acids is 1. The molecule has 0 atom stereocenters. The highest BCUT2D eigenvalue weighted by Crippen LogP contribution is 2.30. The SMILES string of the molecule is COc1ccc(NC(=O)Cc2c(Cl)cccc2Cl)c(OC)c1. The third kappa shape index (κ3) is 3.84. The second-order valence-electron chi connectivity index (χ2n) is 4.49. The van der Waals surface area contributed by atoms with E-state index in [4.69, 9.17) is 32.7 Å². The molecule has 0 bridgehead atoms. The first-order chi connectivity index (χ1) is 10.5. The smallest absolute Gasteiger partial charge is 0.229 e. The number of rotatable bonds is 5. The predicted octanol–water partition coefficient (Wildman–Crippen LogP) is 4.19. The van der Waals surface area contributed by atoms with Gasteiger partial charge in [0.2, 0.25) is 5.91 Å². The molecule has 2 aromatic rings. The molecule has 2 aromatic carbocycles. The van der Waals surface area contributed by atoms with Crippen LogP contribution >= 0.6 is 23.2 Å². The summed E-state index contributed by atoms with van der Waals surface area (Å²) in [5, 5.41) is 3.70. The van der Waals surface area contributed by atoms with Crippen LogP contribution in [0, 0.1) is 0 Å². The second-order valence-corrected chi connectivity index (χ2v) is 5.31. The number of nitrogens with one attached hydrogen (secondary N) is 1. The minimum atomic E-state index is -0.238. The van der Waals surface area contributed by atoms with Gasteiger partial charge in [0, 0.05) is 16.1 Å². The molecule has 0 aromatic heterocycles. The lowest BCUT2D eigenvalue weighted by Crippen LogP contribution is -2.15. The number of benzene rings is 2. The van der Waals surface area contributed by atoms with Gasteiger partial charge in [-0.15, -0.1) is 0 Å². The van der Waals surface area contributed by atoms with Crippen LogP contribution in [0.4, 0.5) is 5.69 Å². The van der Waals surface area contributed by atoms with Crippen molar-refractivity contribution in [2.24, 2.45) is 0 Å². The van der Waals surface area contributed by atoms with Crippen molar-refractivity contribution in [1.82, 2.24) is 0 Å². The van der Waals surface area contributed by atoms with E-state index in [9.17, 15) is 4.79 Å². The fraction of sp³-hybridized carbons (Fsp3) is 0.188. The van der Waals surface area contributed by atoms with Gasteiger partial charge in [-0.25, -0.2) is 0 Å². The molecule has 0 aliphatic heterocycles. The summed E-state index contributed by atoms with van der Waals surface area (Å²) in [4.78, 5) is 12.2. The van der Waals surface area contributed by atoms with Crippen molar-refractivity contribution < 1.29 is 14.3 Å². The van der Waals surface area contributed by atoms with Crippen molar-refractivity contribution >= 4 is 34.8 Å². The first-order valence-corrected chi connectivity index (χ1v) is 7.25. The van der Waals surface area contributed by atoms with E-state index in [1.165, 1.54) is 7.11 Å². The van der Waals surface area contributed by atoms with E-state index in [1.54, 1.807) is 43.5 Å². The van der Waals surface area contributed by atoms with Crippen LogP contribution in [0.25, 0.3) is 0 Å². The maximum absolute atomic E-state index is 12.2. The highest BCUT2D eigenvalue weighted by molar-refractivity contribution is 6.36. The second kappa shape index (κ2) is 7.38. The third-order valence-electron chi connectivity index (χ3n) is 3.08. The maximum Gasteiger partial charge on any atom is 0.229 e. The molecule has 0 fully saturated rings. The molecule has 1 N–H and O–H groups in total. The van der Waals surface area contributed by atoms with Gasteiger partial charge in [-0.1, -0.05) is 29.3 Å². The number of amides is 1. The summed E-state index contributed by atoms with van der Waals surface area (Å²) in [6.07, 6.45) is 0.0771. The van der Waals surface area contributed by atoms with Gasteiger partial charge in [-0.05, 0) is 29.8 Å². The summed E-state index contributed by atoms with van der Waals surface area (Å²) >= 11 is 12.1. The number of methoxy groups -OCH3 is 2. The number of ether oxygens (including phenoxy) is 2. The molecule has 0 saturated heterocycles. The third-order valence-corrected chi connectivity index (χ3v) is 3.79. The fourth-order valence-electron chi connectivity index (χ4n) is 1.96.